The first kappa shape index (κ1) is 15.3. The molecule has 2 N–H and O–H groups in total. The number of nitrogens with two attached hydrogens (primary N) is 1. The Labute approximate surface area is 126 Å². The molecule has 0 fully saturated rings. The smallest absolute Gasteiger partial charge is 0.238 e. The van der Waals surface area contributed by atoms with E-state index in [0.717, 1.165) is 15.8 Å². The minimum absolute atomic E-state index is 0.0810. The summed E-state index contributed by atoms with van der Waals surface area (Å²) in [5, 5.41) is 7.03. The highest BCUT2D eigenvalue weighted by molar-refractivity contribution is 8.01. The van der Waals surface area contributed by atoms with E-state index < -0.39 is 10.0 Å². The van der Waals surface area contributed by atoms with Gasteiger partial charge >= 0.3 is 0 Å². The van der Waals surface area contributed by atoms with Crippen molar-refractivity contribution in [2.24, 2.45) is 5.14 Å². The number of hydrogen-bond donors (Lipinski definition) is 1. The summed E-state index contributed by atoms with van der Waals surface area (Å²) in [7, 11) is -3.65. The molecule has 0 unspecified atom stereocenters. The molecular weight excluding hydrogens is 316 g/mol. The fraction of sp³-hybridized carbons (Fsp3) is 0.250. The van der Waals surface area contributed by atoms with Crippen molar-refractivity contribution in [3.63, 3.8) is 0 Å². The summed E-state index contributed by atoms with van der Waals surface area (Å²) in [5.41, 5.74) is 1.03. The Kier molecular flexibility index (Phi) is 5.03. The largest absolute Gasteiger partial charge is 0.493 e. The van der Waals surface area contributed by atoms with Gasteiger partial charge in [-0.25, -0.2) is 18.5 Å². The molecule has 5 nitrogen and oxygen atoms in total. The van der Waals surface area contributed by atoms with Crippen molar-refractivity contribution in [2.75, 3.05) is 12.4 Å². The number of primary sulfonamides is 1. The molecule has 0 amide bonds. The van der Waals surface area contributed by atoms with Crippen LogP contribution in [-0.2, 0) is 10.0 Å². The van der Waals surface area contributed by atoms with Gasteiger partial charge in [-0.2, -0.15) is 0 Å². The number of aryl methyl sites for hydroxylation is 1. The average Bonchev–Trinajstić information content (AvgIpc) is 2.80. The summed E-state index contributed by atoms with van der Waals surface area (Å²) in [4.78, 5) is 4.42. The van der Waals surface area contributed by atoms with Gasteiger partial charge in [0.1, 0.15) is 10.1 Å². The van der Waals surface area contributed by atoms with Gasteiger partial charge in [0.15, 0.2) is 0 Å². The predicted octanol–water partition coefficient (Wildman–Crippen LogP) is 2.27. The fourth-order valence-corrected chi connectivity index (χ4v) is 3.67. The quantitative estimate of drug-likeness (QED) is 0.649. The van der Waals surface area contributed by atoms with E-state index in [1.165, 1.54) is 12.1 Å². The highest BCUT2D eigenvalue weighted by Gasteiger charge is 2.07. The Bertz CT molecular complexity index is 666. The van der Waals surface area contributed by atoms with Gasteiger partial charge in [0.25, 0.3) is 0 Å². The monoisotopic (exact) mass is 330 g/mol. The van der Waals surface area contributed by atoms with E-state index in [4.69, 9.17) is 9.88 Å². The number of nitrogens with zero attached hydrogens (tertiary/aromatic N) is 1. The predicted molar refractivity (Wildman–Crippen MR) is 80.9 cm³/mol. The maximum Gasteiger partial charge on any atom is 0.238 e. The average molecular weight is 330 g/mol. The Hall–Kier alpha value is -1.09. The van der Waals surface area contributed by atoms with Crippen molar-refractivity contribution in [3.8, 4) is 5.75 Å². The number of aromatic nitrogens is 1. The molecule has 1 aromatic carbocycles. The van der Waals surface area contributed by atoms with Crippen LogP contribution in [0, 0.1) is 6.92 Å². The van der Waals surface area contributed by atoms with Crippen molar-refractivity contribution >= 4 is 33.1 Å². The van der Waals surface area contributed by atoms with Crippen LogP contribution in [0.3, 0.4) is 0 Å². The summed E-state index contributed by atoms with van der Waals surface area (Å²) in [5.74, 6) is 1.40. The molecule has 2 aromatic rings. The first-order valence-corrected chi connectivity index (χ1v) is 9.17. The van der Waals surface area contributed by atoms with Crippen LogP contribution in [0.15, 0.2) is 38.9 Å². The first-order chi connectivity index (χ1) is 9.45. The molecule has 0 bridgehead atoms. The van der Waals surface area contributed by atoms with E-state index >= 15 is 0 Å². The minimum atomic E-state index is -3.65. The molecule has 0 aliphatic heterocycles. The zero-order valence-electron chi connectivity index (χ0n) is 10.8. The van der Waals surface area contributed by atoms with Gasteiger partial charge in [0, 0.05) is 16.8 Å². The van der Waals surface area contributed by atoms with Crippen molar-refractivity contribution in [1.29, 1.82) is 0 Å². The van der Waals surface area contributed by atoms with Gasteiger partial charge in [0.05, 0.1) is 11.5 Å². The Morgan fingerprint density at radius 1 is 1.35 bits per heavy atom. The van der Waals surface area contributed by atoms with Crippen molar-refractivity contribution in [3.05, 3.63) is 35.3 Å². The van der Waals surface area contributed by atoms with E-state index in [1.54, 1.807) is 35.2 Å². The normalized spacial score (nSPS) is 11.5. The van der Waals surface area contributed by atoms with Gasteiger partial charge in [0.2, 0.25) is 10.0 Å². The third kappa shape index (κ3) is 4.48. The zero-order chi connectivity index (χ0) is 14.6. The number of ether oxygens (including phenoxy) is 1. The van der Waals surface area contributed by atoms with Crippen molar-refractivity contribution < 1.29 is 13.2 Å². The lowest BCUT2D eigenvalue weighted by Gasteiger charge is -2.05. The molecule has 20 heavy (non-hydrogen) atoms. The Morgan fingerprint density at radius 2 is 2.05 bits per heavy atom. The molecule has 8 heteroatoms. The van der Waals surface area contributed by atoms with Crippen LogP contribution >= 0.6 is 23.1 Å². The second-order valence-electron chi connectivity index (χ2n) is 3.97. The van der Waals surface area contributed by atoms with Crippen molar-refractivity contribution in [1.82, 2.24) is 4.98 Å². The third-order valence-electron chi connectivity index (χ3n) is 2.33. The van der Waals surface area contributed by atoms with Crippen LogP contribution in [0.2, 0.25) is 0 Å². The molecule has 0 aliphatic rings. The lowest BCUT2D eigenvalue weighted by atomic mass is 10.3. The van der Waals surface area contributed by atoms with Gasteiger partial charge in [-0.1, -0.05) is 11.8 Å². The Morgan fingerprint density at radius 3 is 2.60 bits per heavy atom. The summed E-state index contributed by atoms with van der Waals surface area (Å²) < 4.78 is 28.7. The fourth-order valence-electron chi connectivity index (χ4n) is 1.41. The lowest BCUT2D eigenvalue weighted by molar-refractivity contribution is 0.343. The van der Waals surface area contributed by atoms with Gasteiger partial charge in [-0.05, 0) is 31.2 Å². The highest BCUT2D eigenvalue weighted by atomic mass is 32.2. The molecule has 2 rings (SSSR count). The molecule has 0 radical (unpaired) electrons. The molecule has 1 heterocycles. The van der Waals surface area contributed by atoms with Gasteiger partial charge < -0.3 is 4.74 Å². The van der Waals surface area contributed by atoms with Crippen LogP contribution in [-0.4, -0.2) is 25.8 Å². The minimum Gasteiger partial charge on any atom is -0.493 e. The van der Waals surface area contributed by atoms with E-state index in [1.807, 2.05) is 12.3 Å². The summed E-state index contributed by atoms with van der Waals surface area (Å²) in [6.07, 6.45) is 0. The van der Waals surface area contributed by atoms with Gasteiger partial charge in [-0.15, -0.1) is 11.3 Å². The molecule has 108 valence electrons. The van der Waals surface area contributed by atoms with E-state index in [-0.39, 0.29) is 4.90 Å². The highest BCUT2D eigenvalue weighted by Crippen LogP contribution is 2.22. The number of sulfonamides is 1. The van der Waals surface area contributed by atoms with Crippen LogP contribution < -0.4 is 9.88 Å². The standard InChI is InChI=1S/C12H14N2O3S3/c1-9-8-19-12(14-9)18-7-6-17-10-2-4-11(5-3-10)20(13,15)16/h2-5,8H,6-7H2,1H3,(H2,13,15,16). The van der Waals surface area contributed by atoms with E-state index in [9.17, 15) is 8.42 Å². The molecule has 0 aliphatic carbocycles. The second kappa shape index (κ2) is 6.57. The van der Waals surface area contributed by atoms with E-state index in [2.05, 4.69) is 4.98 Å². The Balaban J connectivity index is 1.80. The number of thiazole rings is 1. The molecular formula is C12H14N2O3S3. The second-order valence-corrected chi connectivity index (χ2v) is 7.73. The third-order valence-corrected chi connectivity index (χ3v) is 5.36. The van der Waals surface area contributed by atoms with Crippen LogP contribution in [0.4, 0.5) is 0 Å². The molecule has 0 saturated carbocycles. The molecule has 0 atom stereocenters. The van der Waals surface area contributed by atoms with Crippen molar-refractivity contribution in [2.45, 2.75) is 16.2 Å². The maximum atomic E-state index is 11.1. The van der Waals surface area contributed by atoms with Gasteiger partial charge in [-0.3, -0.25) is 0 Å². The summed E-state index contributed by atoms with van der Waals surface area (Å²) in [6, 6.07) is 6.06. The maximum absolute atomic E-state index is 11.1. The summed E-state index contributed by atoms with van der Waals surface area (Å²) in [6.45, 7) is 2.49. The van der Waals surface area contributed by atoms with Crippen LogP contribution in [0.25, 0.3) is 0 Å². The van der Waals surface area contributed by atoms with Crippen LogP contribution in [0.1, 0.15) is 5.69 Å². The lowest BCUT2D eigenvalue weighted by Crippen LogP contribution is -2.11. The molecule has 0 spiro atoms. The topological polar surface area (TPSA) is 82.3 Å². The molecule has 1 aromatic heterocycles. The van der Waals surface area contributed by atoms with Crippen LogP contribution in [0.5, 0.6) is 5.75 Å². The molecule has 0 saturated heterocycles. The first-order valence-electron chi connectivity index (χ1n) is 5.76. The van der Waals surface area contributed by atoms with E-state index in [0.29, 0.717) is 12.4 Å². The summed E-state index contributed by atoms with van der Waals surface area (Å²) >= 11 is 3.25. The number of rotatable bonds is 6. The number of benzene rings is 1. The zero-order valence-corrected chi connectivity index (χ0v) is 13.2. The SMILES string of the molecule is Cc1csc(SCCOc2ccc(S(N)(=O)=O)cc2)n1. The number of hydrogen-bond acceptors (Lipinski definition) is 6. The number of thioether (sulfide) groups is 1.